The van der Waals surface area contributed by atoms with Crippen LogP contribution in [0.1, 0.15) is 5.56 Å². The summed E-state index contributed by atoms with van der Waals surface area (Å²) in [5.74, 6) is 2.27. The minimum Gasteiger partial charge on any atom is -0.497 e. The van der Waals surface area contributed by atoms with Gasteiger partial charge in [-0.05, 0) is 18.2 Å². The van der Waals surface area contributed by atoms with Crippen LogP contribution in [0.5, 0.6) is 11.5 Å². The van der Waals surface area contributed by atoms with E-state index < -0.39 is 0 Å². The minimum absolute atomic E-state index is 0.547. The number of ether oxygens (including phenoxy) is 2. The predicted molar refractivity (Wildman–Crippen MR) is 78.6 cm³/mol. The van der Waals surface area contributed by atoms with Crippen LogP contribution in [-0.2, 0) is 6.54 Å². The van der Waals surface area contributed by atoms with Crippen LogP contribution in [0, 0.1) is 0 Å². The standard InChI is InChI=1S/C14H15N5O2/c1-20-10-3-4-11(21-2)9(5-10)6-15-13-12-14(17-7-16-12)19-8-18-13/h3-5,7-8H,6H2,1-2H3,(H2,15,16,17,18,19). The Bertz CT molecular complexity index is 756. The summed E-state index contributed by atoms with van der Waals surface area (Å²) in [6.45, 7) is 0.547. The number of aromatic amines is 1. The lowest BCUT2D eigenvalue weighted by Crippen LogP contribution is -2.04. The second-order valence-corrected chi connectivity index (χ2v) is 4.35. The SMILES string of the molecule is COc1ccc(OC)c(CNc2ncnc3nc[nH]c23)c1. The third-order valence-corrected chi connectivity index (χ3v) is 3.16. The molecule has 21 heavy (non-hydrogen) atoms. The van der Waals surface area contributed by atoms with Crippen LogP contribution in [0.3, 0.4) is 0 Å². The number of hydrogen-bond acceptors (Lipinski definition) is 6. The molecule has 0 saturated heterocycles. The highest BCUT2D eigenvalue weighted by atomic mass is 16.5. The van der Waals surface area contributed by atoms with Crippen molar-refractivity contribution in [2.45, 2.75) is 6.54 Å². The van der Waals surface area contributed by atoms with Crippen molar-refractivity contribution < 1.29 is 9.47 Å². The first kappa shape index (κ1) is 13.2. The highest BCUT2D eigenvalue weighted by Crippen LogP contribution is 2.25. The van der Waals surface area contributed by atoms with Gasteiger partial charge in [0.25, 0.3) is 0 Å². The molecule has 0 atom stereocenters. The van der Waals surface area contributed by atoms with Gasteiger partial charge >= 0.3 is 0 Å². The minimum atomic E-state index is 0.547. The van der Waals surface area contributed by atoms with E-state index in [4.69, 9.17) is 9.47 Å². The van der Waals surface area contributed by atoms with Crippen molar-refractivity contribution in [1.29, 1.82) is 0 Å². The Morgan fingerprint density at radius 2 is 2.05 bits per heavy atom. The lowest BCUT2D eigenvalue weighted by atomic mass is 10.2. The number of rotatable bonds is 5. The molecule has 3 rings (SSSR count). The summed E-state index contributed by atoms with van der Waals surface area (Å²) in [6.07, 6.45) is 3.07. The highest BCUT2D eigenvalue weighted by Gasteiger charge is 2.08. The van der Waals surface area contributed by atoms with Gasteiger partial charge in [-0.2, -0.15) is 0 Å². The monoisotopic (exact) mass is 285 g/mol. The molecule has 0 aliphatic heterocycles. The lowest BCUT2D eigenvalue weighted by molar-refractivity contribution is 0.399. The first-order chi connectivity index (χ1) is 10.3. The Labute approximate surface area is 121 Å². The molecule has 108 valence electrons. The second-order valence-electron chi connectivity index (χ2n) is 4.35. The summed E-state index contributed by atoms with van der Waals surface area (Å²) in [7, 11) is 3.28. The second kappa shape index (κ2) is 5.66. The Morgan fingerprint density at radius 1 is 1.14 bits per heavy atom. The van der Waals surface area contributed by atoms with E-state index in [9.17, 15) is 0 Å². The largest absolute Gasteiger partial charge is 0.497 e. The van der Waals surface area contributed by atoms with Crippen molar-refractivity contribution in [3.8, 4) is 11.5 Å². The van der Waals surface area contributed by atoms with Crippen LogP contribution in [-0.4, -0.2) is 34.2 Å². The number of hydrogen-bond donors (Lipinski definition) is 2. The van der Waals surface area contributed by atoms with Gasteiger partial charge in [0.15, 0.2) is 11.5 Å². The fourth-order valence-corrected chi connectivity index (χ4v) is 2.10. The van der Waals surface area contributed by atoms with Crippen molar-refractivity contribution in [2.24, 2.45) is 0 Å². The average molecular weight is 285 g/mol. The molecule has 7 heteroatoms. The van der Waals surface area contributed by atoms with Crippen molar-refractivity contribution >= 4 is 17.0 Å². The number of fused-ring (bicyclic) bond motifs is 1. The molecule has 3 aromatic rings. The molecule has 0 saturated carbocycles. The van der Waals surface area contributed by atoms with E-state index in [2.05, 4.69) is 25.3 Å². The van der Waals surface area contributed by atoms with Crippen molar-refractivity contribution in [3.63, 3.8) is 0 Å². The molecule has 0 bridgehead atoms. The van der Waals surface area contributed by atoms with E-state index in [0.717, 1.165) is 22.6 Å². The number of nitrogens with zero attached hydrogens (tertiary/aromatic N) is 3. The van der Waals surface area contributed by atoms with E-state index in [1.807, 2.05) is 18.2 Å². The molecule has 0 aliphatic rings. The maximum absolute atomic E-state index is 5.36. The first-order valence-corrected chi connectivity index (χ1v) is 6.40. The molecular weight excluding hydrogens is 270 g/mol. The van der Waals surface area contributed by atoms with Gasteiger partial charge in [-0.15, -0.1) is 0 Å². The van der Waals surface area contributed by atoms with Crippen LogP contribution < -0.4 is 14.8 Å². The Hall–Kier alpha value is -2.83. The number of anilines is 1. The number of H-pyrrole nitrogens is 1. The number of methoxy groups -OCH3 is 2. The molecule has 0 aliphatic carbocycles. The van der Waals surface area contributed by atoms with Crippen molar-refractivity contribution in [3.05, 3.63) is 36.4 Å². The summed E-state index contributed by atoms with van der Waals surface area (Å²) in [6, 6.07) is 5.67. The molecule has 0 unspecified atom stereocenters. The lowest BCUT2D eigenvalue weighted by Gasteiger charge is -2.11. The van der Waals surface area contributed by atoms with E-state index >= 15 is 0 Å². The van der Waals surface area contributed by atoms with Crippen LogP contribution in [0.25, 0.3) is 11.2 Å². The van der Waals surface area contributed by atoms with E-state index in [1.54, 1.807) is 20.5 Å². The maximum atomic E-state index is 5.36. The van der Waals surface area contributed by atoms with E-state index in [-0.39, 0.29) is 0 Å². The normalized spacial score (nSPS) is 10.6. The van der Waals surface area contributed by atoms with E-state index in [1.165, 1.54) is 6.33 Å². The van der Waals surface area contributed by atoms with Gasteiger partial charge in [-0.3, -0.25) is 0 Å². The smallest absolute Gasteiger partial charge is 0.182 e. The quantitative estimate of drug-likeness (QED) is 0.745. The fourth-order valence-electron chi connectivity index (χ4n) is 2.10. The van der Waals surface area contributed by atoms with Gasteiger partial charge in [-0.1, -0.05) is 0 Å². The molecule has 0 amide bonds. The summed E-state index contributed by atoms with van der Waals surface area (Å²) in [5, 5.41) is 3.26. The molecule has 1 aromatic carbocycles. The molecule has 2 N–H and O–H groups in total. The molecule has 2 aromatic heterocycles. The summed E-state index contributed by atoms with van der Waals surface area (Å²) >= 11 is 0. The number of aromatic nitrogens is 4. The molecule has 0 fully saturated rings. The van der Waals surface area contributed by atoms with Crippen LogP contribution >= 0.6 is 0 Å². The van der Waals surface area contributed by atoms with Gasteiger partial charge in [0.1, 0.15) is 23.3 Å². The topological polar surface area (TPSA) is 84.9 Å². The van der Waals surface area contributed by atoms with Gasteiger partial charge in [0, 0.05) is 12.1 Å². The average Bonchev–Trinajstić information content (AvgIpc) is 3.01. The van der Waals surface area contributed by atoms with Crippen LogP contribution in [0.4, 0.5) is 5.82 Å². The molecule has 0 radical (unpaired) electrons. The molecular formula is C14H15N5O2. The third kappa shape index (κ3) is 2.58. The Kier molecular flexibility index (Phi) is 3.55. The highest BCUT2D eigenvalue weighted by molar-refractivity contribution is 5.81. The first-order valence-electron chi connectivity index (χ1n) is 6.40. The van der Waals surface area contributed by atoms with Crippen molar-refractivity contribution in [1.82, 2.24) is 19.9 Å². The fraction of sp³-hybridized carbons (Fsp3) is 0.214. The number of imidazole rings is 1. The van der Waals surface area contributed by atoms with Crippen LogP contribution in [0.2, 0.25) is 0 Å². The summed E-state index contributed by atoms with van der Waals surface area (Å²) in [4.78, 5) is 15.4. The summed E-state index contributed by atoms with van der Waals surface area (Å²) in [5.41, 5.74) is 2.38. The molecule has 0 spiro atoms. The summed E-state index contributed by atoms with van der Waals surface area (Å²) < 4.78 is 10.6. The zero-order valence-electron chi connectivity index (χ0n) is 11.8. The Morgan fingerprint density at radius 3 is 2.86 bits per heavy atom. The zero-order chi connectivity index (χ0) is 14.7. The van der Waals surface area contributed by atoms with Gasteiger partial charge in [0.05, 0.1) is 20.5 Å². The maximum Gasteiger partial charge on any atom is 0.182 e. The van der Waals surface area contributed by atoms with E-state index in [0.29, 0.717) is 18.0 Å². The van der Waals surface area contributed by atoms with Gasteiger partial charge < -0.3 is 19.8 Å². The van der Waals surface area contributed by atoms with Crippen molar-refractivity contribution in [2.75, 3.05) is 19.5 Å². The van der Waals surface area contributed by atoms with Gasteiger partial charge in [-0.25, -0.2) is 15.0 Å². The molecule has 7 nitrogen and oxygen atoms in total. The third-order valence-electron chi connectivity index (χ3n) is 3.16. The number of benzene rings is 1. The molecule has 2 heterocycles. The van der Waals surface area contributed by atoms with Crippen LogP contribution in [0.15, 0.2) is 30.9 Å². The zero-order valence-corrected chi connectivity index (χ0v) is 11.8. The Balaban J connectivity index is 1.86. The van der Waals surface area contributed by atoms with Gasteiger partial charge in [0.2, 0.25) is 0 Å². The predicted octanol–water partition coefficient (Wildman–Crippen LogP) is 1.98. The number of nitrogens with one attached hydrogen (secondary N) is 2.